The van der Waals surface area contributed by atoms with E-state index >= 15 is 0 Å². The van der Waals surface area contributed by atoms with Gasteiger partial charge in [-0.15, -0.1) is 0 Å². The summed E-state index contributed by atoms with van der Waals surface area (Å²) in [6, 6.07) is 7.87. The van der Waals surface area contributed by atoms with Crippen LogP contribution in [0.2, 0.25) is 5.02 Å². The zero-order valence-corrected chi connectivity index (χ0v) is 24.6. The van der Waals surface area contributed by atoms with Crippen LogP contribution in [-0.2, 0) is 21.4 Å². The van der Waals surface area contributed by atoms with E-state index in [9.17, 15) is 14.7 Å². The van der Waals surface area contributed by atoms with Gasteiger partial charge in [0.05, 0.1) is 17.2 Å². The number of amides is 2. The van der Waals surface area contributed by atoms with Gasteiger partial charge in [0.15, 0.2) is 0 Å². The fraction of sp³-hybridized carbons (Fsp3) is 0.536. The van der Waals surface area contributed by atoms with Crippen molar-refractivity contribution in [2.45, 2.75) is 67.7 Å². The van der Waals surface area contributed by atoms with Gasteiger partial charge in [0, 0.05) is 29.7 Å². The number of hydrogen-bond acceptors (Lipinski definition) is 6. The summed E-state index contributed by atoms with van der Waals surface area (Å²) in [6.45, 7) is 4.71. The molecule has 0 bridgehead atoms. The summed E-state index contributed by atoms with van der Waals surface area (Å²) in [5, 5.41) is 10.5. The van der Waals surface area contributed by atoms with Crippen LogP contribution in [0.4, 0.5) is 11.5 Å². The van der Waals surface area contributed by atoms with Crippen LogP contribution < -0.4 is 14.5 Å². The zero-order valence-electron chi connectivity index (χ0n) is 23.9. The van der Waals surface area contributed by atoms with Crippen LogP contribution in [0.1, 0.15) is 50.2 Å². The molecule has 0 radical (unpaired) electrons. The van der Waals surface area contributed by atoms with Gasteiger partial charge >= 0.3 is 0 Å². The van der Waals surface area contributed by atoms with E-state index in [1.165, 1.54) is 0 Å². The van der Waals surface area contributed by atoms with E-state index in [0.29, 0.717) is 48.9 Å². The van der Waals surface area contributed by atoms with Gasteiger partial charge in [-0.25, -0.2) is 4.98 Å². The van der Waals surface area contributed by atoms with Crippen molar-refractivity contribution in [3.8, 4) is 5.75 Å². The number of carbonyl (C=O) groups excluding carboxylic acids is 2. The number of carbonyl (C=O) groups is 2. The summed E-state index contributed by atoms with van der Waals surface area (Å²) < 4.78 is 6.10. The molecule has 0 unspecified atom stereocenters. The molecule has 2 amide bonds. The molecule has 208 valence electrons. The highest BCUT2D eigenvalue weighted by atomic mass is 35.5. The third kappa shape index (κ3) is 4.74. The van der Waals surface area contributed by atoms with Crippen LogP contribution in [0, 0.1) is 0 Å². The van der Waals surface area contributed by atoms with Crippen LogP contribution in [0.5, 0.6) is 5.75 Å². The Kier molecular flexibility index (Phi) is 6.79. The lowest BCUT2D eigenvalue weighted by Crippen LogP contribution is -2.57. The van der Waals surface area contributed by atoms with Gasteiger partial charge in [-0.2, -0.15) is 0 Å². The topological polar surface area (TPSA) is 86.2 Å². The number of fused-ring (bicyclic) bond motifs is 3. The van der Waals surface area contributed by atoms with E-state index in [4.69, 9.17) is 16.3 Å². The summed E-state index contributed by atoms with van der Waals surface area (Å²) in [6.07, 6.45) is 5.46. The predicted octanol–water partition coefficient (Wildman–Crippen LogP) is 0.197. The first-order chi connectivity index (χ1) is 18.9. The maximum atomic E-state index is 13.9. The van der Waals surface area contributed by atoms with Crippen molar-refractivity contribution in [3.63, 3.8) is 0 Å². The second kappa shape index (κ2) is 9.81. The summed E-state index contributed by atoms with van der Waals surface area (Å²) >= 11 is 6.40. The number of likely N-dealkylation sites (tertiary alicyclic amines) is 1. The minimum atomic E-state index is -0.701. The molecule has 1 saturated heterocycles. The Labute approximate surface area is 243 Å². The largest absolute Gasteiger partial charge is 0.491 e. The number of anilines is 2. The number of aryl methyl sites for hydroxylation is 1. The first-order valence-electron chi connectivity index (χ1n) is 14.4. The van der Waals surface area contributed by atoms with Gasteiger partial charge < -0.3 is 14.7 Å². The Balaban J connectivity index is 1.08. The minimum Gasteiger partial charge on any atom is -0.491 e. The van der Waals surface area contributed by atoms with Gasteiger partial charge in [-0.1, -0.05) is 11.6 Å². The number of piperidine rings is 1. The molecule has 2 fully saturated rings. The number of pyridine rings is 1. The molecule has 0 atom stereocenters. The maximum Gasteiger partial charge on any atom is 0.236 e. The number of ether oxygens (including phenoxy) is 1. The second-order valence-corrected chi connectivity index (χ2v) is 13.7. The Morgan fingerprint density at radius 2 is 1.88 bits per heavy atom. The van der Waals surface area contributed by atoms with Crippen LogP contribution in [-0.4, -0.2) is 93.5 Å². The van der Waals surface area contributed by atoms with Crippen LogP contribution in [0.15, 0.2) is 30.5 Å². The van der Waals surface area contributed by atoms with Crippen molar-refractivity contribution in [3.05, 3.63) is 46.6 Å². The smallest absolute Gasteiger partial charge is 0.236 e. The van der Waals surface area contributed by atoms with Gasteiger partial charge in [0.25, 0.3) is 0 Å². The lowest BCUT2D eigenvalue weighted by molar-refractivity contribution is -0.125. The molecule has 4 aliphatic rings. The Hall–Kier alpha value is -2.49. The van der Waals surface area contributed by atoms with E-state index < -0.39 is 11.0 Å². The summed E-state index contributed by atoms with van der Waals surface area (Å²) in [5.41, 5.74) is 1.84. The van der Waals surface area contributed by atoms with Crippen molar-refractivity contribution >= 4 is 58.5 Å². The third-order valence-electron chi connectivity index (χ3n) is 9.12. The predicted molar refractivity (Wildman–Crippen MR) is 164 cm³/mol. The van der Waals surface area contributed by atoms with Crippen molar-refractivity contribution < 1.29 is 19.4 Å². The molecule has 8 nitrogen and oxygen atoms in total. The van der Waals surface area contributed by atoms with Crippen molar-refractivity contribution in [2.75, 3.05) is 36.0 Å². The van der Waals surface area contributed by atoms with Gasteiger partial charge in [-0.05, 0) is 92.7 Å². The molecule has 2 aromatic rings. The van der Waals surface area contributed by atoms with Crippen LogP contribution >= 0.6 is 11.6 Å². The van der Waals surface area contributed by atoms with Gasteiger partial charge in [0.2, 0.25) is 11.8 Å². The summed E-state index contributed by atoms with van der Waals surface area (Å²) in [4.78, 5) is 37.2. The Bertz CT molecular complexity index is 1350. The highest BCUT2D eigenvalue weighted by Crippen LogP contribution is 2.50. The first kappa shape index (κ1) is 27.7. The highest BCUT2D eigenvalue weighted by molar-refractivity contribution is 6.62. The SMILES string of the molecule is BC(B)(B)N1C(=O)C2(CCN(CCOc3cnc4c(c3)CCC(=O)N4[C@H]3C[C@@](C)(O)C3)CC2)c2cc(Cl)ccc21. The normalized spacial score (nSPS) is 26.0. The van der Waals surface area contributed by atoms with Crippen molar-refractivity contribution in [1.29, 1.82) is 0 Å². The van der Waals surface area contributed by atoms with E-state index in [1.54, 1.807) is 11.1 Å². The quantitative estimate of drug-likeness (QED) is 0.509. The molecule has 1 aliphatic carbocycles. The fourth-order valence-electron chi connectivity index (χ4n) is 7.08. The number of aromatic nitrogens is 1. The number of hydrogen-bond donors (Lipinski definition) is 1. The molecule has 3 aliphatic heterocycles. The lowest BCUT2D eigenvalue weighted by Gasteiger charge is -2.47. The molecule has 12 heteroatoms. The second-order valence-electron chi connectivity index (χ2n) is 13.2. The standard InChI is InChI=1S/C28H36B3ClN4O4/c1-26(39)14-19(15-26)35-23(37)5-2-17-12-20(16-33-24(17)35)40-11-10-34-8-6-27(7-9-34)21-13-18(32)3-4-22(21)36(25(27)38)28(29,30)31/h3-4,12-13,16,19,39H,2,5-11,14-15,29-31H2,1H3/t19-,26+. The summed E-state index contributed by atoms with van der Waals surface area (Å²) in [7, 11) is 6.24. The van der Waals surface area contributed by atoms with E-state index in [1.807, 2.05) is 36.1 Å². The summed E-state index contributed by atoms with van der Waals surface area (Å²) in [5.74, 6) is 1.67. The third-order valence-corrected chi connectivity index (χ3v) is 9.36. The molecule has 1 N–H and O–H groups in total. The molecule has 6 rings (SSSR count). The number of nitrogens with zero attached hydrogens (tertiary/aromatic N) is 4. The molecule has 1 saturated carbocycles. The molecule has 1 aromatic carbocycles. The minimum absolute atomic E-state index is 0.00781. The number of benzene rings is 1. The van der Waals surface area contributed by atoms with Crippen molar-refractivity contribution in [1.82, 2.24) is 9.88 Å². The maximum absolute atomic E-state index is 13.9. The van der Waals surface area contributed by atoms with E-state index in [-0.39, 0.29) is 23.1 Å². The molecular formula is C28H36B3ClN4O4. The van der Waals surface area contributed by atoms with E-state index in [0.717, 1.165) is 49.3 Å². The monoisotopic (exact) mass is 560 g/mol. The van der Waals surface area contributed by atoms with Crippen LogP contribution in [0.25, 0.3) is 0 Å². The van der Waals surface area contributed by atoms with Crippen molar-refractivity contribution in [2.24, 2.45) is 0 Å². The highest BCUT2D eigenvalue weighted by Gasteiger charge is 2.54. The Morgan fingerprint density at radius 3 is 2.55 bits per heavy atom. The average Bonchev–Trinajstić information content (AvgIpc) is 3.11. The fourth-order valence-corrected chi connectivity index (χ4v) is 7.25. The lowest BCUT2D eigenvalue weighted by atomic mass is 9.48. The molecule has 4 heterocycles. The Morgan fingerprint density at radius 1 is 1.15 bits per heavy atom. The number of rotatable bonds is 6. The van der Waals surface area contributed by atoms with Crippen LogP contribution in [0.3, 0.4) is 0 Å². The molecular weight excluding hydrogens is 524 g/mol. The number of halogens is 1. The zero-order chi connectivity index (χ0) is 28.4. The molecule has 40 heavy (non-hydrogen) atoms. The van der Waals surface area contributed by atoms with E-state index in [2.05, 4.69) is 33.4 Å². The molecule has 1 aromatic heterocycles. The van der Waals surface area contributed by atoms with Gasteiger partial charge in [-0.3, -0.25) is 19.4 Å². The first-order valence-corrected chi connectivity index (χ1v) is 14.8. The average molecular weight is 561 g/mol. The number of aliphatic hydroxyl groups is 1. The molecule has 1 spiro atoms. The van der Waals surface area contributed by atoms with Gasteiger partial charge in [0.1, 0.15) is 41.7 Å².